The van der Waals surface area contributed by atoms with Crippen molar-refractivity contribution in [1.82, 2.24) is 0 Å². The highest BCUT2D eigenvalue weighted by atomic mass is 16.6. The lowest BCUT2D eigenvalue weighted by atomic mass is 9.87. The molecule has 2 atom stereocenters. The Morgan fingerprint density at radius 1 is 1.15 bits per heavy atom. The van der Waals surface area contributed by atoms with E-state index in [4.69, 9.17) is 9.84 Å². The van der Waals surface area contributed by atoms with Gasteiger partial charge in [0.05, 0.1) is 11.1 Å². The fourth-order valence-electron chi connectivity index (χ4n) is 1.95. The van der Waals surface area contributed by atoms with Gasteiger partial charge in [-0.05, 0) is 37.3 Å². The van der Waals surface area contributed by atoms with E-state index >= 15 is 0 Å². The Morgan fingerprint density at radius 2 is 1.75 bits per heavy atom. The molecule has 0 bridgehead atoms. The number of hydrogen-bond acceptors (Lipinski definition) is 3. The van der Waals surface area contributed by atoms with E-state index in [1.165, 1.54) is 24.3 Å². The van der Waals surface area contributed by atoms with Crippen molar-refractivity contribution in [2.45, 2.75) is 19.4 Å². The van der Waals surface area contributed by atoms with Crippen molar-refractivity contribution >= 4 is 11.9 Å². The van der Waals surface area contributed by atoms with E-state index in [0.717, 1.165) is 0 Å². The summed E-state index contributed by atoms with van der Waals surface area (Å²) >= 11 is 0. The Balaban J connectivity index is 2.14. The third-order valence-electron chi connectivity index (χ3n) is 3.52. The minimum absolute atomic E-state index is 0.0785. The Kier molecular flexibility index (Phi) is 3.74. The van der Waals surface area contributed by atoms with E-state index < -0.39 is 17.5 Å². The lowest BCUT2D eigenvalue weighted by Crippen LogP contribution is -2.36. The van der Waals surface area contributed by atoms with Gasteiger partial charge in [-0.15, -0.1) is 0 Å². The van der Waals surface area contributed by atoms with Crippen LogP contribution in [0.5, 0.6) is 0 Å². The van der Waals surface area contributed by atoms with Gasteiger partial charge in [-0.25, -0.2) is 9.59 Å². The average Bonchev–Trinajstić information content (AvgIpc) is 2.42. The van der Waals surface area contributed by atoms with Crippen molar-refractivity contribution in [2.75, 3.05) is 0 Å². The number of benzene rings is 1. The summed E-state index contributed by atoms with van der Waals surface area (Å²) in [5.41, 5.74) is -0.204. The van der Waals surface area contributed by atoms with E-state index in [1.54, 1.807) is 0 Å². The highest BCUT2D eigenvalue weighted by Gasteiger charge is 2.32. The van der Waals surface area contributed by atoms with Crippen LogP contribution in [0, 0.1) is 5.92 Å². The number of carboxylic acid groups (broad SMARTS) is 1. The topological polar surface area (TPSA) is 63.6 Å². The second kappa shape index (κ2) is 5.33. The molecule has 1 aromatic carbocycles. The summed E-state index contributed by atoms with van der Waals surface area (Å²) in [4.78, 5) is 22.9. The number of rotatable bonds is 3. The first-order valence-corrected chi connectivity index (χ1v) is 6.35. The first-order chi connectivity index (χ1) is 9.42. The van der Waals surface area contributed by atoms with Gasteiger partial charge in [0.25, 0.3) is 0 Å². The maximum absolute atomic E-state index is 12.1. The molecule has 2 rings (SSSR count). The van der Waals surface area contributed by atoms with Gasteiger partial charge >= 0.3 is 11.9 Å². The molecule has 2 unspecified atom stereocenters. The van der Waals surface area contributed by atoms with Crippen molar-refractivity contribution in [3.63, 3.8) is 0 Å². The SMILES string of the molecule is CC1C=CC=CC1(C)OC(=O)c1ccc(C(=O)O)cc1. The van der Waals surface area contributed by atoms with E-state index in [0.29, 0.717) is 5.56 Å². The number of carbonyl (C=O) groups excluding carboxylic acids is 1. The van der Waals surface area contributed by atoms with Gasteiger partial charge in [0.2, 0.25) is 0 Å². The molecule has 1 aromatic rings. The molecule has 0 fully saturated rings. The van der Waals surface area contributed by atoms with Crippen LogP contribution in [0.2, 0.25) is 0 Å². The van der Waals surface area contributed by atoms with Gasteiger partial charge in [0.1, 0.15) is 5.60 Å². The largest absolute Gasteiger partial charge is 0.478 e. The monoisotopic (exact) mass is 272 g/mol. The molecule has 0 aliphatic heterocycles. The van der Waals surface area contributed by atoms with Gasteiger partial charge in [-0.3, -0.25) is 0 Å². The molecule has 0 aromatic heterocycles. The van der Waals surface area contributed by atoms with Gasteiger partial charge < -0.3 is 9.84 Å². The Labute approximate surface area is 117 Å². The van der Waals surface area contributed by atoms with Gasteiger partial charge in [-0.1, -0.05) is 25.2 Å². The molecule has 104 valence electrons. The van der Waals surface area contributed by atoms with Crippen molar-refractivity contribution in [1.29, 1.82) is 0 Å². The van der Waals surface area contributed by atoms with Crippen LogP contribution in [0.1, 0.15) is 34.6 Å². The Hall–Kier alpha value is -2.36. The van der Waals surface area contributed by atoms with E-state index in [1.807, 2.05) is 38.2 Å². The molecule has 0 amide bonds. The van der Waals surface area contributed by atoms with Crippen molar-refractivity contribution in [3.8, 4) is 0 Å². The number of carboxylic acids is 1. The molecule has 0 heterocycles. The second-order valence-corrected chi connectivity index (χ2v) is 4.99. The zero-order valence-electron chi connectivity index (χ0n) is 11.4. The third-order valence-corrected chi connectivity index (χ3v) is 3.52. The zero-order valence-corrected chi connectivity index (χ0v) is 11.4. The summed E-state index contributed by atoms with van der Waals surface area (Å²) in [6.07, 6.45) is 7.59. The number of carbonyl (C=O) groups is 2. The van der Waals surface area contributed by atoms with Gasteiger partial charge in [0.15, 0.2) is 0 Å². The van der Waals surface area contributed by atoms with E-state index in [2.05, 4.69) is 0 Å². The minimum Gasteiger partial charge on any atom is -0.478 e. The van der Waals surface area contributed by atoms with E-state index in [9.17, 15) is 9.59 Å². The van der Waals surface area contributed by atoms with Crippen LogP contribution in [0.3, 0.4) is 0 Å². The van der Waals surface area contributed by atoms with Crippen LogP contribution in [0.15, 0.2) is 48.6 Å². The summed E-state index contributed by atoms with van der Waals surface area (Å²) in [6, 6.07) is 5.70. The molecule has 0 radical (unpaired) electrons. The smallest absolute Gasteiger partial charge is 0.339 e. The Bertz CT molecular complexity index is 583. The van der Waals surface area contributed by atoms with Gasteiger partial charge in [0, 0.05) is 5.92 Å². The quantitative estimate of drug-likeness (QED) is 0.859. The van der Waals surface area contributed by atoms with Crippen molar-refractivity contribution in [2.24, 2.45) is 5.92 Å². The standard InChI is InChI=1S/C16H16O4/c1-11-5-3-4-10-16(11,2)20-15(19)13-8-6-12(7-9-13)14(17)18/h3-11H,1-2H3,(H,17,18). The van der Waals surface area contributed by atoms with Crippen LogP contribution in [-0.2, 0) is 4.74 Å². The molecular formula is C16H16O4. The molecule has 4 nitrogen and oxygen atoms in total. The number of aromatic carboxylic acids is 1. The lowest BCUT2D eigenvalue weighted by molar-refractivity contribution is -0.00303. The number of esters is 1. The fraction of sp³-hybridized carbons (Fsp3) is 0.250. The normalized spacial score (nSPS) is 24.4. The molecule has 1 N–H and O–H groups in total. The third kappa shape index (κ3) is 2.79. The van der Waals surface area contributed by atoms with Crippen molar-refractivity contribution < 1.29 is 19.4 Å². The van der Waals surface area contributed by atoms with Crippen LogP contribution in [0.4, 0.5) is 0 Å². The summed E-state index contributed by atoms with van der Waals surface area (Å²) in [5, 5.41) is 8.82. The van der Waals surface area contributed by atoms with E-state index in [-0.39, 0.29) is 11.5 Å². The Morgan fingerprint density at radius 3 is 2.30 bits per heavy atom. The molecule has 4 heteroatoms. The second-order valence-electron chi connectivity index (χ2n) is 4.99. The zero-order chi connectivity index (χ0) is 14.8. The lowest BCUT2D eigenvalue weighted by Gasteiger charge is -2.32. The highest BCUT2D eigenvalue weighted by Crippen LogP contribution is 2.28. The summed E-state index contributed by atoms with van der Waals surface area (Å²) in [6.45, 7) is 3.82. The van der Waals surface area contributed by atoms with Gasteiger partial charge in [-0.2, -0.15) is 0 Å². The molecule has 0 saturated heterocycles. The molecule has 20 heavy (non-hydrogen) atoms. The molecule has 1 aliphatic rings. The first-order valence-electron chi connectivity index (χ1n) is 6.35. The molecular weight excluding hydrogens is 256 g/mol. The van der Waals surface area contributed by atoms with Crippen LogP contribution < -0.4 is 0 Å². The minimum atomic E-state index is -1.02. The fourth-order valence-corrected chi connectivity index (χ4v) is 1.95. The van der Waals surface area contributed by atoms with Crippen molar-refractivity contribution in [3.05, 3.63) is 59.7 Å². The molecule has 0 saturated carbocycles. The highest BCUT2D eigenvalue weighted by molar-refractivity contribution is 5.92. The van der Waals surface area contributed by atoms with Crippen LogP contribution >= 0.6 is 0 Å². The predicted octanol–water partition coefficient (Wildman–Crippen LogP) is 3.06. The summed E-state index contributed by atoms with van der Waals surface area (Å²) in [7, 11) is 0. The first kappa shape index (κ1) is 14.1. The predicted molar refractivity (Wildman–Crippen MR) is 74.7 cm³/mol. The van der Waals surface area contributed by atoms with Crippen LogP contribution in [-0.4, -0.2) is 22.6 Å². The number of ether oxygens (including phenoxy) is 1. The maximum Gasteiger partial charge on any atom is 0.339 e. The summed E-state index contributed by atoms with van der Waals surface area (Å²) < 4.78 is 5.55. The summed E-state index contributed by atoms with van der Waals surface area (Å²) in [5.74, 6) is -1.41. The molecule has 1 aliphatic carbocycles. The number of hydrogen-bond donors (Lipinski definition) is 1. The molecule has 0 spiro atoms. The number of allylic oxidation sites excluding steroid dienone is 2. The van der Waals surface area contributed by atoms with Crippen LogP contribution in [0.25, 0.3) is 0 Å². The maximum atomic E-state index is 12.1. The average molecular weight is 272 g/mol.